The molecular weight excluding hydrogens is 342 g/mol. The molecule has 2 rings (SSSR count). The van der Waals surface area contributed by atoms with Crippen LogP contribution in [-0.4, -0.2) is 20.3 Å². The van der Waals surface area contributed by atoms with Crippen LogP contribution in [0.4, 0.5) is 4.79 Å². The minimum absolute atomic E-state index is 0. The maximum atomic E-state index is 11.9. The molecule has 0 unspecified atom stereocenters. The van der Waals surface area contributed by atoms with Crippen LogP contribution in [0.25, 0.3) is 0 Å². The molecule has 0 spiro atoms. The molecule has 0 bridgehead atoms. The second kappa shape index (κ2) is 10.4. The molecule has 0 aliphatic heterocycles. The van der Waals surface area contributed by atoms with Crippen molar-refractivity contribution in [2.75, 3.05) is 14.2 Å². The van der Waals surface area contributed by atoms with E-state index in [-0.39, 0.29) is 18.4 Å². The number of benzene rings is 2. The van der Waals surface area contributed by atoms with Gasteiger partial charge in [0, 0.05) is 19.6 Å². The summed E-state index contributed by atoms with van der Waals surface area (Å²) >= 11 is 0. The fraction of sp³-hybridized carbons (Fsp3) is 0.278. The lowest BCUT2D eigenvalue weighted by molar-refractivity contribution is 0.240. The molecule has 0 radical (unpaired) electrons. The van der Waals surface area contributed by atoms with Gasteiger partial charge in [-0.1, -0.05) is 30.3 Å². The van der Waals surface area contributed by atoms with Crippen molar-refractivity contribution in [2.24, 2.45) is 5.73 Å². The highest BCUT2D eigenvalue weighted by Crippen LogP contribution is 2.27. The van der Waals surface area contributed by atoms with Crippen molar-refractivity contribution in [1.29, 1.82) is 0 Å². The quantitative estimate of drug-likeness (QED) is 0.704. The summed E-state index contributed by atoms with van der Waals surface area (Å²) in [5, 5.41) is 5.63. The third-order valence-electron chi connectivity index (χ3n) is 3.61. The van der Waals surface area contributed by atoms with E-state index in [9.17, 15) is 4.79 Å². The Morgan fingerprint density at radius 2 is 1.40 bits per heavy atom. The molecule has 0 aromatic heterocycles. The maximum absolute atomic E-state index is 11.9. The van der Waals surface area contributed by atoms with Crippen molar-refractivity contribution in [1.82, 2.24) is 10.6 Å². The first-order chi connectivity index (χ1) is 11.7. The predicted octanol–water partition coefficient (Wildman–Crippen LogP) is 2.58. The summed E-state index contributed by atoms with van der Waals surface area (Å²) in [4.78, 5) is 11.9. The summed E-state index contributed by atoms with van der Waals surface area (Å²) in [5.74, 6) is 1.30. The third kappa shape index (κ3) is 6.17. The molecule has 0 fully saturated rings. The van der Waals surface area contributed by atoms with Crippen LogP contribution >= 0.6 is 12.4 Å². The van der Waals surface area contributed by atoms with Crippen LogP contribution in [0, 0.1) is 0 Å². The molecule has 0 saturated heterocycles. The number of hydrogen-bond acceptors (Lipinski definition) is 4. The molecule has 2 aromatic carbocycles. The van der Waals surface area contributed by atoms with Crippen molar-refractivity contribution in [2.45, 2.75) is 19.6 Å². The Morgan fingerprint density at radius 1 is 0.880 bits per heavy atom. The van der Waals surface area contributed by atoms with Crippen LogP contribution in [0.1, 0.15) is 16.7 Å². The van der Waals surface area contributed by atoms with E-state index >= 15 is 0 Å². The van der Waals surface area contributed by atoms with Gasteiger partial charge in [-0.3, -0.25) is 0 Å². The molecule has 0 atom stereocenters. The van der Waals surface area contributed by atoms with Crippen LogP contribution < -0.4 is 25.8 Å². The summed E-state index contributed by atoms with van der Waals surface area (Å²) in [7, 11) is 3.17. The summed E-state index contributed by atoms with van der Waals surface area (Å²) in [6, 6.07) is 13.1. The lowest BCUT2D eigenvalue weighted by Crippen LogP contribution is -2.34. The summed E-state index contributed by atoms with van der Waals surface area (Å²) in [5.41, 5.74) is 8.57. The lowest BCUT2D eigenvalue weighted by Gasteiger charge is -2.11. The van der Waals surface area contributed by atoms with Gasteiger partial charge in [-0.25, -0.2) is 4.79 Å². The molecule has 0 aliphatic rings. The zero-order valence-corrected chi connectivity index (χ0v) is 15.2. The summed E-state index contributed by atoms with van der Waals surface area (Å²) in [6.45, 7) is 1.38. The van der Waals surface area contributed by atoms with E-state index in [1.807, 2.05) is 42.5 Å². The van der Waals surface area contributed by atoms with Gasteiger partial charge >= 0.3 is 6.03 Å². The van der Waals surface area contributed by atoms with Gasteiger partial charge in [-0.15, -0.1) is 12.4 Å². The van der Waals surface area contributed by atoms with Crippen LogP contribution in [0.15, 0.2) is 42.5 Å². The van der Waals surface area contributed by atoms with Gasteiger partial charge in [0.2, 0.25) is 0 Å². The van der Waals surface area contributed by atoms with Crippen molar-refractivity contribution in [3.63, 3.8) is 0 Å². The van der Waals surface area contributed by atoms with E-state index in [2.05, 4.69) is 10.6 Å². The molecular formula is C18H24ClN3O3. The topological polar surface area (TPSA) is 85.6 Å². The highest BCUT2D eigenvalue weighted by Gasteiger charge is 2.06. The standard InChI is InChI=1S/C18H23N3O3.ClH/c1-23-16-8-7-15(9-17(16)24-2)12-21-18(22)20-11-14-5-3-13(10-19)4-6-14;/h3-9H,10-12,19H2,1-2H3,(H2,20,21,22);1H. The van der Waals surface area contributed by atoms with E-state index in [4.69, 9.17) is 15.2 Å². The highest BCUT2D eigenvalue weighted by molar-refractivity contribution is 5.85. The molecule has 0 saturated carbocycles. The lowest BCUT2D eigenvalue weighted by atomic mass is 10.1. The average Bonchev–Trinajstić information content (AvgIpc) is 2.64. The number of carbonyl (C=O) groups excluding carboxylic acids is 1. The van der Waals surface area contributed by atoms with Gasteiger partial charge in [0.15, 0.2) is 11.5 Å². The second-order valence-electron chi connectivity index (χ2n) is 5.25. The minimum atomic E-state index is -0.229. The number of halogens is 1. The van der Waals surface area contributed by atoms with Crippen LogP contribution in [-0.2, 0) is 19.6 Å². The monoisotopic (exact) mass is 365 g/mol. The third-order valence-corrected chi connectivity index (χ3v) is 3.61. The molecule has 25 heavy (non-hydrogen) atoms. The number of rotatable bonds is 7. The Bertz CT molecular complexity index is 678. The van der Waals surface area contributed by atoms with Gasteiger partial charge < -0.3 is 25.8 Å². The van der Waals surface area contributed by atoms with Crippen LogP contribution in [0.3, 0.4) is 0 Å². The number of hydrogen-bond donors (Lipinski definition) is 3. The number of nitrogens with one attached hydrogen (secondary N) is 2. The fourth-order valence-corrected chi connectivity index (χ4v) is 2.21. The number of carbonyl (C=O) groups is 1. The zero-order chi connectivity index (χ0) is 17.4. The van der Waals surface area contributed by atoms with E-state index < -0.39 is 0 Å². The Kier molecular flexibility index (Phi) is 8.60. The first-order valence-corrected chi connectivity index (χ1v) is 7.66. The molecule has 7 heteroatoms. The van der Waals surface area contributed by atoms with Crippen molar-refractivity contribution in [3.05, 3.63) is 59.2 Å². The average molecular weight is 366 g/mol. The van der Waals surface area contributed by atoms with Crippen molar-refractivity contribution >= 4 is 18.4 Å². The summed E-state index contributed by atoms with van der Waals surface area (Å²) in [6.07, 6.45) is 0. The summed E-state index contributed by atoms with van der Waals surface area (Å²) < 4.78 is 10.4. The van der Waals surface area contributed by atoms with Gasteiger partial charge in [-0.2, -0.15) is 0 Å². The van der Waals surface area contributed by atoms with E-state index in [1.54, 1.807) is 14.2 Å². The van der Waals surface area contributed by atoms with Crippen LogP contribution in [0.2, 0.25) is 0 Å². The first kappa shape index (κ1) is 20.6. The largest absolute Gasteiger partial charge is 0.493 e. The zero-order valence-electron chi connectivity index (χ0n) is 14.4. The van der Waals surface area contributed by atoms with E-state index in [0.29, 0.717) is 31.1 Å². The molecule has 0 aliphatic carbocycles. The second-order valence-corrected chi connectivity index (χ2v) is 5.25. The Balaban J connectivity index is 0.00000312. The normalized spacial score (nSPS) is 9.72. The maximum Gasteiger partial charge on any atom is 0.315 e. The van der Waals surface area contributed by atoms with Crippen molar-refractivity contribution < 1.29 is 14.3 Å². The number of ether oxygens (including phenoxy) is 2. The molecule has 2 amide bonds. The molecule has 2 aromatic rings. The smallest absolute Gasteiger partial charge is 0.315 e. The minimum Gasteiger partial charge on any atom is -0.493 e. The van der Waals surface area contributed by atoms with Gasteiger partial charge in [0.25, 0.3) is 0 Å². The Morgan fingerprint density at radius 3 is 1.96 bits per heavy atom. The molecule has 0 heterocycles. The van der Waals surface area contributed by atoms with Gasteiger partial charge in [0.05, 0.1) is 14.2 Å². The predicted molar refractivity (Wildman–Crippen MR) is 100 cm³/mol. The van der Waals surface area contributed by atoms with Crippen LogP contribution in [0.5, 0.6) is 11.5 Å². The fourth-order valence-electron chi connectivity index (χ4n) is 2.21. The number of amides is 2. The number of methoxy groups -OCH3 is 2. The Hall–Kier alpha value is -2.44. The SMILES string of the molecule is COc1ccc(CNC(=O)NCc2ccc(CN)cc2)cc1OC.Cl. The van der Waals surface area contributed by atoms with Gasteiger partial charge in [0.1, 0.15) is 0 Å². The van der Waals surface area contributed by atoms with E-state index in [1.165, 1.54) is 0 Å². The number of urea groups is 1. The molecule has 136 valence electrons. The Labute approximate surface area is 154 Å². The highest BCUT2D eigenvalue weighted by atomic mass is 35.5. The number of nitrogens with two attached hydrogens (primary N) is 1. The molecule has 6 nitrogen and oxygen atoms in total. The molecule has 4 N–H and O–H groups in total. The van der Waals surface area contributed by atoms with Gasteiger partial charge in [-0.05, 0) is 28.8 Å². The van der Waals surface area contributed by atoms with Crippen molar-refractivity contribution in [3.8, 4) is 11.5 Å². The van der Waals surface area contributed by atoms with E-state index in [0.717, 1.165) is 16.7 Å². The first-order valence-electron chi connectivity index (χ1n) is 7.66.